The number of hydrogen-bond acceptors (Lipinski definition) is 5. The smallest absolute Gasteiger partial charge is 0.294 e. The molecule has 3 rings (SSSR count). The Kier molecular flexibility index (Phi) is 6.40. The van der Waals surface area contributed by atoms with Crippen LogP contribution in [0.15, 0.2) is 29.1 Å². The van der Waals surface area contributed by atoms with E-state index in [0.29, 0.717) is 36.7 Å². The third kappa shape index (κ3) is 4.74. The Labute approximate surface area is 186 Å². The summed E-state index contributed by atoms with van der Waals surface area (Å²) in [6.07, 6.45) is 0.451. The number of fused-ring (bicyclic) bond motifs is 1. The highest BCUT2D eigenvalue weighted by Crippen LogP contribution is 2.42. The van der Waals surface area contributed by atoms with Crippen molar-refractivity contribution in [3.63, 3.8) is 0 Å². The van der Waals surface area contributed by atoms with Crippen LogP contribution in [0.3, 0.4) is 0 Å². The van der Waals surface area contributed by atoms with Gasteiger partial charge in [0.25, 0.3) is 5.56 Å². The van der Waals surface area contributed by atoms with E-state index in [2.05, 4.69) is 15.6 Å². The number of nitrogen functional groups attached to an aromatic ring is 1. The number of aromatic nitrogens is 2. The summed E-state index contributed by atoms with van der Waals surface area (Å²) in [5.41, 5.74) is 6.75. The highest BCUT2D eigenvalue weighted by molar-refractivity contribution is 6.30. The lowest BCUT2D eigenvalue weighted by Gasteiger charge is -2.19. The number of anilines is 1. The molecule has 2 aromatic rings. The quantitative estimate of drug-likeness (QED) is 0.386. The van der Waals surface area contributed by atoms with Gasteiger partial charge in [-0.3, -0.25) is 19.6 Å². The van der Waals surface area contributed by atoms with Crippen LogP contribution in [-0.4, -0.2) is 27.8 Å². The Bertz CT molecular complexity index is 1060. The highest BCUT2D eigenvalue weighted by Gasteiger charge is 2.43. The van der Waals surface area contributed by atoms with Gasteiger partial charge in [-0.15, -0.1) is 0 Å². The Balaban J connectivity index is 1.85. The van der Waals surface area contributed by atoms with Crippen LogP contribution in [0.4, 0.5) is 5.82 Å². The van der Waals surface area contributed by atoms with E-state index in [1.807, 2.05) is 39.8 Å². The number of benzene rings is 1. The van der Waals surface area contributed by atoms with Gasteiger partial charge < -0.3 is 16.4 Å². The molecule has 0 saturated carbocycles. The molecule has 31 heavy (non-hydrogen) atoms. The van der Waals surface area contributed by atoms with Gasteiger partial charge in [-0.1, -0.05) is 63.6 Å². The predicted molar refractivity (Wildman–Crippen MR) is 123 cm³/mol. The summed E-state index contributed by atoms with van der Waals surface area (Å²) < 4.78 is 1.49. The Morgan fingerprint density at radius 3 is 2.58 bits per heavy atom. The summed E-state index contributed by atoms with van der Waals surface area (Å²) in [4.78, 5) is 30.5. The number of nitrogens with one attached hydrogen (secondary N) is 3. The highest BCUT2D eigenvalue weighted by atomic mass is 35.5. The van der Waals surface area contributed by atoms with Gasteiger partial charge in [0, 0.05) is 24.1 Å². The first-order valence-corrected chi connectivity index (χ1v) is 10.7. The number of rotatable bonds is 7. The van der Waals surface area contributed by atoms with E-state index >= 15 is 0 Å². The fraction of sp³-hybridized carbons (Fsp3) is 0.455. The van der Waals surface area contributed by atoms with Crippen LogP contribution in [0.25, 0.3) is 0 Å². The van der Waals surface area contributed by atoms with Crippen LogP contribution < -0.4 is 21.9 Å². The first-order valence-electron chi connectivity index (χ1n) is 10.3. The molecule has 1 atom stereocenters. The van der Waals surface area contributed by atoms with Crippen LogP contribution in [0, 0.1) is 11.3 Å². The third-order valence-electron chi connectivity index (χ3n) is 5.44. The van der Waals surface area contributed by atoms with E-state index in [-0.39, 0.29) is 28.3 Å². The molecule has 1 aromatic carbocycles. The van der Waals surface area contributed by atoms with E-state index in [1.165, 1.54) is 4.57 Å². The summed E-state index contributed by atoms with van der Waals surface area (Å²) in [7, 11) is 0. The summed E-state index contributed by atoms with van der Waals surface area (Å²) >= 11 is 6.46. The third-order valence-corrected chi connectivity index (χ3v) is 5.70. The molecule has 5 N–H and O–H groups in total. The molecule has 0 spiro atoms. The molecule has 1 aromatic heterocycles. The maximum absolute atomic E-state index is 13.2. The van der Waals surface area contributed by atoms with Crippen LogP contribution in [-0.2, 0) is 16.8 Å². The lowest BCUT2D eigenvalue weighted by atomic mass is 9.87. The second kappa shape index (κ2) is 8.70. The van der Waals surface area contributed by atoms with Gasteiger partial charge in [-0.05, 0) is 17.9 Å². The number of nitrogens with two attached hydrogens (primary N) is 1. The molecular weight excluding hydrogens is 416 g/mol. The average Bonchev–Trinajstić information content (AvgIpc) is 3.00. The van der Waals surface area contributed by atoms with Crippen LogP contribution in [0.5, 0.6) is 0 Å². The number of carbonyl (C=O) groups is 1. The predicted octanol–water partition coefficient (Wildman–Crippen LogP) is 2.79. The largest absolute Gasteiger partial charge is 0.384 e. The molecule has 0 radical (unpaired) electrons. The molecule has 0 fully saturated rings. The fourth-order valence-corrected chi connectivity index (χ4v) is 4.25. The van der Waals surface area contributed by atoms with Crippen molar-refractivity contribution >= 4 is 29.2 Å². The van der Waals surface area contributed by atoms with E-state index in [4.69, 9.17) is 22.7 Å². The Hall–Kier alpha value is -2.87. The van der Waals surface area contributed by atoms with E-state index in [9.17, 15) is 9.59 Å². The van der Waals surface area contributed by atoms with Crippen molar-refractivity contribution in [1.29, 1.82) is 5.41 Å². The van der Waals surface area contributed by atoms with E-state index in [0.717, 1.165) is 5.56 Å². The minimum absolute atomic E-state index is 0.00729. The molecule has 0 aliphatic carbocycles. The molecular formula is C22H29ClN6O2. The minimum atomic E-state index is -0.672. The molecule has 1 amide bonds. The molecule has 1 aliphatic rings. The summed E-state index contributed by atoms with van der Waals surface area (Å²) in [6.45, 7) is 8.86. The lowest BCUT2D eigenvalue weighted by molar-refractivity contribution is -0.124. The number of amidine groups is 1. The van der Waals surface area contributed by atoms with Gasteiger partial charge >= 0.3 is 0 Å². The number of nitrogens with zero attached hydrogens (tertiary/aromatic N) is 2. The number of amides is 1. The molecule has 0 unspecified atom stereocenters. The normalized spacial score (nSPS) is 16.8. The zero-order valence-electron chi connectivity index (χ0n) is 18.3. The maximum Gasteiger partial charge on any atom is 0.294 e. The van der Waals surface area contributed by atoms with E-state index < -0.39 is 11.5 Å². The standard InChI is InChI=1S/C22H29ClN6O2/c1-12(2)10-26-19-21(31)29-15(9-22(3,4)16(29)17(23)28-19)20(30)27-11-13-5-7-14(8-6-13)18(24)25/h5-8,12,15H,9-11H2,1-4H3,(H3,24,25)(H,26,28)(H,27,30)/t15-/m0/s1. The number of halogens is 1. The fourth-order valence-electron chi connectivity index (χ4n) is 3.82. The molecule has 0 saturated heterocycles. The summed E-state index contributed by atoms with van der Waals surface area (Å²) in [5.74, 6) is 0.231. The van der Waals surface area contributed by atoms with Gasteiger partial charge in [0.1, 0.15) is 11.9 Å². The Morgan fingerprint density at radius 2 is 2.00 bits per heavy atom. The van der Waals surface area contributed by atoms with Gasteiger partial charge in [-0.2, -0.15) is 0 Å². The topological polar surface area (TPSA) is 126 Å². The SMILES string of the molecule is CC(C)CNc1nc(Cl)c2n(c1=O)[C@H](C(=O)NCc1ccc(C(=N)N)cc1)CC2(C)C. The molecule has 166 valence electrons. The van der Waals surface area contributed by atoms with Crippen LogP contribution in [0.1, 0.15) is 57.0 Å². The first-order chi connectivity index (χ1) is 14.5. The molecule has 9 heteroatoms. The van der Waals surface area contributed by atoms with Crippen molar-refractivity contribution in [3.8, 4) is 0 Å². The summed E-state index contributed by atoms with van der Waals surface area (Å²) in [5, 5.41) is 13.7. The molecule has 0 bridgehead atoms. The van der Waals surface area contributed by atoms with Crippen molar-refractivity contribution in [2.45, 2.75) is 52.1 Å². The van der Waals surface area contributed by atoms with Crippen LogP contribution >= 0.6 is 11.6 Å². The zero-order valence-corrected chi connectivity index (χ0v) is 19.0. The zero-order chi connectivity index (χ0) is 22.9. The van der Waals surface area contributed by atoms with Crippen molar-refractivity contribution in [3.05, 3.63) is 56.6 Å². The second-order valence-corrected chi connectivity index (χ2v) is 9.34. The van der Waals surface area contributed by atoms with Gasteiger partial charge in [0.05, 0.1) is 5.69 Å². The van der Waals surface area contributed by atoms with Crippen molar-refractivity contribution in [2.24, 2.45) is 11.7 Å². The molecule has 8 nitrogen and oxygen atoms in total. The van der Waals surface area contributed by atoms with Crippen LogP contribution in [0.2, 0.25) is 5.15 Å². The minimum Gasteiger partial charge on any atom is -0.384 e. The first kappa shape index (κ1) is 22.8. The Morgan fingerprint density at radius 1 is 1.35 bits per heavy atom. The average molecular weight is 445 g/mol. The molecule has 1 aliphatic heterocycles. The maximum atomic E-state index is 13.2. The van der Waals surface area contributed by atoms with Gasteiger partial charge in [0.2, 0.25) is 5.91 Å². The lowest BCUT2D eigenvalue weighted by Crippen LogP contribution is -2.36. The van der Waals surface area contributed by atoms with Gasteiger partial charge in [-0.25, -0.2) is 4.98 Å². The molecule has 2 heterocycles. The monoisotopic (exact) mass is 444 g/mol. The second-order valence-electron chi connectivity index (χ2n) is 8.98. The van der Waals surface area contributed by atoms with Crippen molar-refractivity contribution < 1.29 is 4.79 Å². The number of hydrogen-bond donors (Lipinski definition) is 4. The van der Waals surface area contributed by atoms with E-state index in [1.54, 1.807) is 12.1 Å². The van der Waals surface area contributed by atoms with Crippen molar-refractivity contribution in [1.82, 2.24) is 14.9 Å². The van der Waals surface area contributed by atoms with Crippen molar-refractivity contribution in [2.75, 3.05) is 11.9 Å². The number of carbonyl (C=O) groups excluding carboxylic acids is 1. The summed E-state index contributed by atoms with van der Waals surface area (Å²) in [6, 6.07) is 6.42. The van der Waals surface area contributed by atoms with Gasteiger partial charge in [0.15, 0.2) is 11.0 Å².